The third kappa shape index (κ3) is 3.80. The van der Waals surface area contributed by atoms with Crippen LogP contribution in [-0.2, 0) is 0 Å². The number of rotatable bonds is 3. The van der Waals surface area contributed by atoms with Gasteiger partial charge in [-0.15, -0.1) is 0 Å². The van der Waals surface area contributed by atoms with Gasteiger partial charge in [0.25, 0.3) is 0 Å². The average molecular weight is 347 g/mol. The van der Waals surface area contributed by atoms with Crippen molar-refractivity contribution in [3.8, 4) is 0 Å². The Morgan fingerprint density at radius 2 is 1.88 bits per heavy atom. The van der Waals surface area contributed by atoms with Gasteiger partial charge < -0.3 is 15.7 Å². The second kappa shape index (κ2) is 6.69. The predicted octanol–water partition coefficient (Wildman–Crippen LogP) is 3.07. The number of anilines is 2. The topological polar surface area (TPSA) is 95.6 Å². The molecule has 1 aromatic rings. The van der Waals surface area contributed by atoms with Gasteiger partial charge in [-0.3, -0.25) is 4.90 Å². The molecule has 2 heterocycles. The quantitative estimate of drug-likeness (QED) is 0.872. The minimum Gasteiger partial charge on any atom is -0.465 e. The van der Waals surface area contributed by atoms with Crippen molar-refractivity contribution in [1.29, 1.82) is 0 Å². The van der Waals surface area contributed by atoms with Crippen LogP contribution in [0.25, 0.3) is 0 Å². The summed E-state index contributed by atoms with van der Waals surface area (Å²) in [4.78, 5) is 24.1. The molecule has 138 valence electrons. The van der Waals surface area contributed by atoms with E-state index in [4.69, 9.17) is 5.73 Å². The lowest BCUT2D eigenvalue weighted by Gasteiger charge is -2.49. The Bertz CT molecular complexity index is 631. The number of hydrogen-bond acceptors (Lipinski definition) is 5. The molecule has 2 aliphatic rings. The predicted molar refractivity (Wildman–Crippen MR) is 97.9 cm³/mol. The Hall–Kier alpha value is -2.05. The van der Waals surface area contributed by atoms with E-state index in [9.17, 15) is 9.90 Å². The maximum Gasteiger partial charge on any atom is 0.408 e. The van der Waals surface area contributed by atoms with Crippen molar-refractivity contribution in [1.82, 2.24) is 14.9 Å². The highest BCUT2D eigenvalue weighted by Crippen LogP contribution is 2.34. The third-order valence-corrected chi connectivity index (χ3v) is 5.25. The van der Waals surface area contributed by atoms with Gasteiger partial charge in [0.05, 0.1) is 11.7 Å². The van der Waals surface area contributed by atoms with Crippen molar-refractivity contribution < 1.29 is 9.90 Å². The minimum absolute atomic E-state index is 0.0215. The molecule has 7 nitrogen and oxygen atoms in total. The smallest absolute Gasteiger partial charge is 0.408 e. The van der Waals surface area contributed by atoms with E-state index >= 15 is 0 Å². The summed E-state index contributed by atoms with van der Waals surface area (Å²) in [5.74, 6) is 1.61. The summed E-state index contributed by atoms with van der Waals surface area (Å²) in [5, 5.41) is 9.52. The van der Waals surface area contributed by atoms with Gasteiger partial charge >= 0.3 is 6.09 Å². The zero-order valence-corrected chi connectivity index (χ0v) is 15.4. The first-order valence-electron chi connectivity index (χ1n) is 9.17. The maximum atomic E-state index is 11.6. The van der Waals surface area contributed by atoms with Crippen LogP contribution in [0.15, 0.2) is 6.07 Å². The summed E-state index contributed by atoms with van der Waals surface area (Å²) in [6.45, 7) is 7.06. The van der Waals surface area contributed by atoms with Gasteiger partial charge in [0.2, 0.25) is 5.95 Å². The molecule has 1 saturated carbocycles. The van der Waals surface area contributed by atoms with E-state index in [1.54, 1.807) is 0 Å². The largest absolute Gasteiger partial charge is 0.465 e. The summed E-state index contributed by atoms with van der Waals surface area (Å²) in [6.07, 6.45) is 5.24. The van der Waals surface area contributed by atoms with Crippen molar-refractivity contribution in [2.75, 3.05) is 23.7 Å². The molecule has 1 saturated heterocycles. The summed E-state index contributed by atoms with van der Waals surface area (Å²) in [7, 11) is 0. The van der Waals surface area contributed by atoms with E-state index < -0.39 is 11.6 Å². The molecule has 25 heavy (non-hydrogen) atoms. The van der Waals surface area contributed by atoms with Gasteiger partial charge in [-0.1, -0.05) is 19.3 Å². The maximum absolute atomic E-state index is 11.6. The van der Waals surface area contributed by atoms with Gasteiger partial charge in [-0.25, -0.2) is 9.78 Å². The van der Waals surface area contributed by atoms with Crippen molar-refractivity contribution in [3.63, 3.8) is 0 Å². The lowest BCUT2D eigenvalue weighted by atomic mass is 9.87. The molecule has 0 spiro atoms. The van der Waals surface area contributed by atoms with Crippen molar-refractivity contribution in [2.45, 2.75) is 70.4 Å². The van der Waals surface area contributed by atoms with Crippen LogP contribution < -0.4 is 10.6 Å². The van der Waals surface area contributed by atoms with Crippen LogP contribution >= 0.6 is 0 Å². The van der Waals surface area contributed by atoms with E-state index in [2.05, 4.69) is 14.9 Å². The molecule has 1 aliphatic carbocycles. The molecule has 0 aromatic carbocycles. The molecule has 1 aliphatic heterocycles. The summed E-state index contributed by atoms with van der Waals surface area (Å²) in [6, 6.07) is 2.02. The highest BCUT2D eigenvalue weighted by Gasteiger charge is 2.41. The lowest BCUT2D eigenvalue weighted by molar-refractivity contribution is 0.0600. The number of amides is 1. The standard InChI is InChI=1S/C18H29N5O2/c1-18(2,3)23(17(24)25)13-10-22(11-13)15-9-14(20-16(19)21-15)12-7-5-4-6-8-12/h9,12-13H,4-8,10-11H2,1-3H3,(H,24,25)(H2,19,20,21). The van der Waals surface area contributed by atoms with E-state index in [-0.39, 0.29) is 6.04 Å². The number of nitrogen functional groups attached to an aromatic ring is 1. The second-order valence-electron chi connectivity index (χ2n) is 8.23. The number of carboxylic acid groups (broad SMARTS) is 1. The summed E-state index contributed by atoms with van der Waals surface area (Å²) in [5.41, 5.74) is 6.56. The van der Waals surface area contributed by atoms with Crippen molar-refractivity contribution in [2.24, 2.45) is 0 Å². The van der Waals surface area contributed by atoms with E-state index in [1.807, 2.05) is 26.8 Å². The van der Waals surface area contributed by atoms with Gasteiger partial charge in [0.15, 0.2) is 0 Å². The molecule has 2 fully saturated rings. The van der Waals surface area contributed by atoms with Crippen LogP contribution in [0, 0.1) is 0 Å². The van der Waals surface area contributed by atoms with E-state index in [0.29, 0.717) is 25.0 Å². The van der Waals surface area contributed by atoms with Crippen LogP contribution in [-0.4, -0.2) is 50.7 Å². The molecule has 0 unspecified atom stereocenters. The fraction of sp³-hybridized carbons (Fsp3) is 0.722. The molecule has 0 radical (unpaired) electrons. The van der Waals surface area contributed by atoms with Crippen LogP contribution in [0.4, 0.5) is 16.6 Å². The molecule has 1 amide bonds. The summed E-state index contributed by atoms with van der Waals surface area (Å²) < 4.78 is 0. The Morgan fingerprint density at radius 3 is 2.44 bits per heavy atom. The van der Waals surface area contributed by atoms with E-state index in [1.165, 1.54) is 24.2 Å². The minimum atomic E-state index is -0.873. The Kier molecular flexibility index (Phi) is 4.75. The van der Waals surface area contributed by atoms with Gasteiger partial charge in [-0.05, 0) is 33.6 Å². The van der Waals surface area contributed by atoms with Crippen LogP contribution in [0.3, 0.4) is 0 Å². The molecular formula is C18H29N5O2. The number of nitrogens with zero attached hydrogens (tertiary/aromatic N) is 4. The monoisotopic (exact) mass is 347 g/mol. The second-order valence-corrected chi connectivity index (χ2v) is 8.23. The highest BCUT2D eigenvalue weighted by atomic mass is 16.4. The number of aromatic nitrogens is 2. The zero-order chi connectivity index (χ0) is 18.2. The van der Waals surface area contributed by atoms with Gasteiger partial charge in [0, 0.05) is 30.6 Å². The fourth-order valence-corrected chi connectivity index (χ4v) is 4.04. The van der Waals surface area contributed by atoms with Crippen LogP contribution in [0.5, 0.6) is 0 Å². The van der Waals surface area contributed by atoms with Gasteiger partial charge in [0.1, 0.15) is 5.82 Å². The number of hydrogen-bond donors (Lipinski definition) is 2. The van der Waals surface area contributed by atoms with Gasteiger partial charge in [-0.2, -0.15) is 4.98 Å². The SMILES string of the molecule is CC(C)(C)N(C(=O)O)C1CN(c2cc(C3CCCCC3)nc(N)n2)C1. The van der Waals surface area contributed by atoms with Crippen LogP contribution in [0.2, 0.25) is 0 Å². The molecule has 0 atom stereocenters. The first kappa shape index (κ1) is 17.8. The molecule has 3 N–H and O–H groups in total. The van der Waals surface area contributed by atoms with Crippen LogP contribution in [0.1, 0.15) is 64.5 Å². The fourth-order valence-electron chi connectivity index (χ4n) is 4.04. The molecule has 0 bridgehead atoms. The zero-order valence-electron chi connectivity index (χ0n) is 15.4. The van der Waals surface area contributed by atoms with Crippen molar-refractivity contribution >= 4 is 17.9 Å². The Morgan fingerprint density at radius 1 is 1.24 bits per heavy atom. The number of carbonyl (C=O) groups is 1. The molecule has 1 aromatic heterocycles. The molecular weight excluding hydrogens is 318 g/mol. The normalized spacial score (nSPS) is 19.6. The Balaban J connectivity index is 1.72. The molecule has 7 heteroatoms. The molecule has 3 rings (SSSR count). The highest BCUT2D eigenvalue weighted by molar-refractivity contribution is 5.67. The first-order valence-corrected chi connectivity index (χ1v) is 9.17. The first-order chi connectivity index (χ1) is 11.8. The Labute approximate surface area is 149 Å². The van der Waals surface area contributed by atoms with E-state index in [0.717, 1.165) is 24.4 Å². The average Bonchev–Trinajstić information content (AvgIpc) is 2.48. The number of nitrogens with two attached hydrogens (primary N) is 1. The summed E-state index contributed by atoms with van der Waals surface area (Å²) >= 11 is 0. The van der Waals surface area contributed by atoms with Crippen molar-refractivity contribution in [3.05, 3.63) is 11.8 Å². The third-order valence-electron chi connectivity index (χ3n) is 5.25. The lowest BCUT2D eigenvalue weighted by Crippen LogP contribution is -2.65.